The molecule has 0 aliphatic rings. The quantitative estimate of drug-likeness (QED) is 0.430. The molecule has 0 fully saturated rings. The number of rotatable bonds is 6. The Bertz CT molecular complexity index is 377. The summed E-state index contributed by atoms with van der Waals surface area (Å²) in [4.78, 5) is 21.5. The van der Waals surface area contributed by atoms with Crippen molar-refractivity contribution in [3.05, 3.63) is 46.0 Å². The number of nitrogens with zero attached hydrogens (tertiary/aromatic N) is 1. The van der Waals surface area contributed by atoms with Crippen LogP contribution in [0.25, 0.3) is 0 Å². The number of esters is 1. The number of benzene rings is 1. The molecular formula is C12H15NO4. The standard InChI is InChI=1S/C12H15NO4/c1-2-17-12(14)11(13(15)16)9-8-10-6-4-3-5-7-10/h3-7,11H,2,8-9H2,1H3. The van der Waals surface area contributed by atoms with Crippen LogP contribution in [0.15, 0.2) is 30.3 Å². The van der Waals surface area contributed by atoms with Gasteiger partial charge in [0.15, 0.2) is 0 Å². The van der Waals surface area contributed by atoms with Gasteiger partial charge in [-0.05, 0) is 18.9 Å². The van der Waals surface area contributed by atoms with E-state index < -0.39 is 16.9 Å². The molecule has 0 saturated heterocycles. The van der Waals surface area contributed by atoms with Crippen LogP contribution in [-0.4, -0.2) is 23.5 Å². The van der Waals surface area contributed by atoms with Gasteiger partial charge in [-0.3, -0.25) is 10.1 Å². The number of nitro groups is 1. The second-order valence-corrected chi connectivity index (χ2v) is 3.58. The van der Waals surface area contributed by atoms with E-state index in [2.05, 4.69) is 4.74 Å². The van der Waals surface area contributed by atoms with E-state index in [-0.39, 0.29) is 13.0 Å². The minimum absolute atomic E-state index is 0.161. The molecule has 1 aromatic rings. The first-order chi connectivity index (χ1) is 8.15. The number of hydrogen-bond acceptors (Lipinski definition) is 4. The second-order valence-electron chi connectivity index (χ2n) is 3.58. The molecule has 0 aliphatic carbocycles. The minimum atomic E-state index is -1.27. The fourth-order valence-corrected chi connectivity index (χ4v) is 1.50. The van der Waals surface area contributed by atoms with Gasteiger partial charge in [0.25, 0.3) is 0 Å². The summed E-state index contributed by atoms with van der Waals surface area (Å²) in [7, 11) is 0. The lowest BCUT2D eigenvalue weighted by Gasteiger charge is -2.08. The van der Waals surface area contributed by atoms with Crippen molar-refractivity contribution in [2.75, 3.05) is 6.61 Å². The molecule has 0 radical (unpaired) electrons. The van der Waals surface area contributed by atoms with Crippen molar-refractivity contribution in [1.29, 1.82) is 0 Å². The Morgan fingerprint density at radius 1 is 1.41 bits per heavy atom. The van der Waals surface area contributed by atoms with Crippen LogP contribution in [0.1, 0.15) is 18.9 Å². The van der Waals surface area contributed by atoms with Gasteiger partial charge in [0.2, 0.25) is 0 Å². The average molecular weight is 237 g/mol. The molecule has 17 heavy (non-hydrogen) atoms. The largest absolute Gasteiger partial charge is 0.461 e. The van der Waals surface area contributed by atoms with E-state index in [0.29, 0.717) is 6.42 Å². The first kappa shape index (κ1) is 13.2. The molecule has 5 heteroatoms. The number of carbonyl (C=O) groups is 1. The van der Waals surface area contributed by atoms with Gasteiger partial charge in [-0.25, -0.2) is 4.79 Å². The van der Waals surface area contributed by atoms with Crippen molar-refractivity contribution in [3.63, 3.8) is 0 Å². The lowest BCUT2D eigenvalue weighted by molar-refractivity contribution is -0.511. The van der Waals surface area contributed by atoms with E-state index >= 15 is 0 Å². The van der Waals surface area contributed by atoms with Crippen LogP contribution in [0.5, 0.6) is 0 Å². The summed E-state index contributed by atoms with van der Waals surface area (Å²) in [6.45, 7) is 1.79. The molecule has 92 valence electrons. The van der Waals surface area contributed by atoms with Gasteiger partial charge in [-0.1, -0.05) is 30.3 Å². The molecule has 1 unspecified atom stereocenters. The highest BCUT2D eigenvalue weighted by Crippen LogP contribution is 2.08. The highest BCUT2D eigenvalue weighted by Gasteiger charge is 2.30. The molecule has 0 spiro atoms. The van der Waals surface area contributed by atoms with Crippen LogP contribution in [0.4, 0.5) is 0 Å². The van der Waals surface area contributed by atoms with E-state index in [1.165, 1.54) is 0 Å². The summed E-state index contributed by atoms with van der Waals surface area (Å²) >= 11 is 0. The van der Waals surface area contributed by atoms with Crippen molar-refractivity contribution < 1.29 is 14.5 Å². The Morgan fingerprint density at radius 3 is 2.59 bits per heavy atom. The summed E-state index contributed by atoms with van der Waals surface area (Å²) in [6, 6.07) is 8.08. The first-order valence-corrected chi connectivity index (χ1v) is 5.49. The monoisotopic (exact) mass is 237 g/mol. The van der Waals surface area contributed by atoms with E-state index in [1.54, 1.807) is 6.92 Å². The first-order valence-electron chi connectivity index (χ1n) is 5.49. The van der Waals surface area contributed by atoms with E-state index in [9.17, 15) is 14.9 Å². The van der Waals surface area contributed by atoms with Crippen molar-refractivity contribution in [1.82, 2.24) is 0 Å². The summed E-state index contributed by atoms with van der Waals surface area (Å²) in [5, 5.41) is 10.7. The van der Waals surface area contributed by atoms with Crippen LogP contribution in [0.3, 0.4) is 0 Å². The van der Waals surface area contributed by atoms with Gasteiger partial charge >= 0.3 is 12.0 Å². The number of carbonyl (C=O) groups excluding carboxylic acids is 1. The Hall–Kier alpha value is -1.91. The minimum Gasteiger partial charge on any atom is -0.461 e. The Labute approximate surface area is 99.5 Å². The van der Waals surface area contributed by atoms with Crippen molar-refractivity contribution in [2.45, 2.75) is 25.8 Å². The molecule has 1 aromatic carbocycles. The molecule has 0 bridgehead atoms. The second kappa shape index (κ2) is 6.62. The third kappa shape index (κ3) is 4.22. The van der Waals surface area contributed by atoms with Gasteiger partial charge in [-0.2, -0.15) is 0 Å². The normalized spacial score (nSPS) is 11.8. The zero-order valence-electron chi connectivity index (χ0n) is 9.67. The fraction of sp³-hybridized carbons (Fsp3) is 0.417. The van der Waals surface area contributed by atoms with Gasteiger partial charge in [-0.15, -0.1) is 0 Å². The molecule has 1 rings (SSSR count). The smallest absolute Gasteiger partial charge is 0.381 e. The summed E-state index contributed by atoms with van der Waals surface area (Å²) in [5.74, 6) is -0.756. The zero-order chi connectivity index (χ0) is 12.7. The number of ether oxygens (including phenoxy) is 1. The Morgan fingerprint density at radius 2 is 2.06 bits per heavy atom. The molecule has 0 aromatic heterocycles. The van der Waals surface area contributed by atoms with Gasteiger partial charge in [0.05, 0.1) is 6.61 Å². The van der Waals surface area contributed by atoms with Gasteiger partial charge in [0.1, 0.15) is 0 Å². The molecule has 0 saturated carbocycles. The van der Waals surface area contributed by atoms with Crippen LogP contribution in [0.2, 0.25) is 0 Å². The maximum atomic E-state index is 11.3. The predicted molar refractivity (Wildman–Crippen MR) is 62.2 cm³/mol. The number of hydrogen-bond donors (Lipinski definition) is 0. The Kier molecular flexibility index (Phi) is 5.13. The topological polar surface area (TPSA) is 69.4 Å². The lowest BCUT2D eigenvalue weighted by Crippen LogP contribution is -2.31. The highest BCUT2D eigenvalue weighted by atomic mass is 16.6. The molecular weight excluding hydrogens is 222 g/mol. The zero-order valence-corrected chi connectivity index (χ0v) is 9.67. The average Bonchev–Trinajstić information content (AvgIpc) is 2.30. The van der Waals surface area contributed by atoms with Crippen molar-refractivity contribution in [3.8, 4) is 0 Å². The van der Waals surface area contributed by atoms with Crippen LogP contribution < -0.4 is 0 Å². The maximum Gasteiger partial charge on any atom is 0.381 e. The van der Waals surface area contributed by atoms with Crippen LogP contribution in [-0.2, 0) is 16.0 Å². The fourth-order valence-electron chi connectivity index (χ4n) is 1.50. The number of aryl methyl sites for hydroxylation is 1. The van der Waals surface area contributed by atoms with Gasteiger partial charge < -0.3 is 4.74 Å². The van der Waals surface area contributed by atoms with E-state index in [1.807, 2.05) is 30.3 Å². The van der Waals surface area contributed by atoms with E-state index in [4.69, 9.17) is 0 Å². The summed E-state index contributed by atoms with van der Waals surface area (Å²) in [5.41, 5.74) is 0.976. The van der Waals surface area contributed by atoms with E-state index in [0.717, 1.165) is 5.56 Å². The molecule has 1 atom stereocenters. The molecule has 0 aliphatic heterocycles. The molecule has 0 amide bonds. The maximum absolute atomic E-state index is 11.3. The highest BCUT2D eigenvalue weighted by molar-refractivity contribution is 5.74. The third-order valence-electron chi connectivity index (χ3n) is 2.36. The van der Waals surface area contributed by atoms with Crippen LogP contribution >= 0.6 is 0 Å². The van der Waals surface area contributed by atoms with Crippen LogP contribution in [0, 0.1) is 10.1 Å². The van der Waals surface area contributed by atoms with Crippen molar-refractivity contribution in [2.24, 2.45) is 0 Å². The molecule has 0 heterocycles. The summed E-state index contributed by atoms with van der Waals surface area (Å²) in [6.07, 6.45) is 0.654. The summed E-state index contributed by atoms with van der Waals surface area (Å²) < 4.78 is 4.67. The van der Waals surface area contributed by atoms with Gasteiger partial charge in [0, 0.05) is 11.3 Å². The van der Waals surface area contributed by atoms with Crippen molar-refractivity contribution >= 4 is 5.97 Å². The predicted octanol–water partition coefficient (Wildman–Crippen LogP) is 1.83. The molecule has 5 nitrogen and oxygen atoms in total. The third-order valence-corrected chi connectivity index (χ3v) is 2.36. The lowest BCUT2D eigenvalue weighted by atomic mass is 10.1. The molecule has 0 N–H and O–H groups in total. The SMILES string of the molecule is CCOC(=O)C(CCc1ccccc1)[N+](=O)[O-]. The Balaban J connectivity index is 2.56.